The Morgan fingerprint density at radius 2 is 1.84 bits per heavy atom. The number of halogens is 1. The van der Waals surface area contributed by atoms with Gasteiger partial charge in [-0.1, -0.05) is 58.0 Å². The summed E-state index contributed by atoms with van der Waals surface area (Å²) in [6.07, 6.45) is 0.982. The topological polar surface area (TPSA) is 68.0 Å². The van der Waals surface area contributed by atoms with Gasteiger partial charge in [-0.3, -0.25) is 4.79 Å². The molecule has 2 aromatic carbocycles. The van der Waals surface area contributed by atoms with Crippen molar-refractivity contribution in [3.8, 4) is 0 Å². The molecule has 0 radical (unpaired) electrons. The molecular formula is C18H16BrN3O2S. The summed E-state index contributed by atoms with van der Waals surface area (Å²) in [4.78, 5) is 11.9. The second-order valence-corrected chi connectivity index (χ2v) is 7.24. The number of nitrogens with one attached hydrogen (secondary N) is 1. The maximum Gasteiger partial charge on any atom is 0.276 e. The van der Waals surface area contributed by atoms with Crippen molar-refractivity contribution in [3.05, 3.63) is 70.5 Å². The van der Waals surface area contributed by atoms with Crippen LogP contribution in [0.15, 0.2) is 68.7 Å². The van der Waals surface area contributed by atoms with Crippen LogP contribution in [-0.2, 0) is 11.2 Å². The molecule has 0 aliphatic heterocycles. The Morgan fingerprint density at radius 1 is 1.08 bits per heavy atom. The fraction of sp³-hybridized carbons (Fsp3) is 0.167. The van der Waals surface area contributed by atoms with Crippen LogP contribution in [0.25, 0.3) is 0 Å². The van der Waals surface area contributed by atoms with Gasteiger partial charge in [0.05, 0.1) is 6.42 Å². The molecule has 0 atom stereocenters. The largest absolute Gasteiger partial charge is 0.416 e. The lowest BCUT2D eigenvalue weighted by molar-refractivity contribution is -0.115. The highest BCUT2D eigenvalue weighted by Gasteiger charge is 2.09. The molecular weight excluding hydrogens is 402 g/mol. The van der Waals surface area contributed by atoms with E-state index in [2.05, 4.69) is 31.4 Å². The molecule has 1 N–H and O–H groups in total. The summed E-state index contributed by atoms with van der Waals surface area (Å²) >= 11 is 4.75. The molecule has 1 heterocycles. The predicted octanol–water partition coefficient (Wildman–Crippen LogP) is 4.54. The van der Waals surface area contributed by atoms with E-state index in [4.69, 9.17) is 4.42 Å². The zero-order valence-electron chi connectivity index (χ0n) is 13.3. The number of benzene rings is 2. The first-order chi connectivity index (χ1) is 12.2. The Kier molecular flexibility index (Phi) is 6.25. The number of amides is 1. The van der Waals surface area contributed by atoms with Crippen molar-refractivity contribution in [2.24, 2.45) is 0 Å². The number of thioether (sulfide) groups is 1. The van der Waals surface area contributed by atoms with Gasteiger partial charge in [-0.25, -0.2) is 0 Å². The third-order valence-electron chi connectivity index (χ3n) is 3.33. The summed E-state index contributed by atoms with van der Waals surface area (Å²) in [5.41, 5.74) is 1.90. The number of carbonyl (C=O) groups is 1. The van der Waals surface area contributed by atoms with E-state index in [1.165, 1.54) is 11.8 Å². The van der Waals surface area contributed by atoms with Crippen LogP contribution in [-0.4, -0.2) is 21.9 Å². The van der Waals surface area contributed by atoms with Crippen LogP contribution in [0.3, 0.4) is 0 Å². The second-order valence-electron chi connectivity index (χ2n) is 5.28. The van der Waals surface area contributed by atoms with Gasteiger partial charge in [0.25, 0.3) is 5.22 Å². The number of hydrogen-bond donors (Lipinski definition) is 1. The van der Waals surface area contributed by atoms with Crippen LogP contribution in [0.5, 0.6) is 0 Å². The van der Waals surface area contributed by atoms with Gasteiger partial charge >= 0.3 is 0 Å². The zero-order chi connectivity index (χ0) is 17.5. The van der Waals surface area contributed by atoms with E-state index in [0.717, 1.165) is 15.7 Å². The van der Waals surface area contributed by atoms with E-state index < -0.39 is 0 Å². The Morgan fingerprint density at radius 3 is 2.60 bits per heavy atom. The SMILES string of the molecule is O=C(CCSc1nnc(Cc2ccccc2)o1)Nc1ccc(Br)cc1. The Balaban J connectivity index is 1.43. The van der Waals surface area contributed by atoms with Gasteiger partial charge < -0.3 is 9.73 Å². The van der Waals surface area contributed by atoms with Gasteiger partial charge in [0.2, 0.25) is 11.8 Å². The molecule has 25 heavy (non-hydrogen) atoms. The molecule has 3 rings (SSSR count). The molecule has 0 aliphatic carbocycles. The zero-order valence-corrected chi connectivity index (χ0v) is 15.7. The number of nitrogens with zero attached hydrogens (tertiary/aromatic N) is 2. The van der Waals surface area contributed by atoms with Crippen LogP contribution in [0, 0.1) is 0 Å². The lowest BCUT2D eigenvalue weighted by atomic mass is 10.2. The fourth-order valence-corrected chi connectivity index (χ4v) is 3.11. The fourth-order valence-electron chi connectivity index (χ4n) is 2.13. The first-order valence-electron chi connectivity index (χ1n) is 7.73. The maximum absolute atomic E-state index is 11.9. The Labute approximate surface area is 158 Å². The van der Waals surface area contributed by atoms with Gasteiger partial charge in [0.15, 0.2) is 0 Å². The lowest BCUT2D eigenvalue weighted by Crippen LogP contribution is -2.11. The highest BCUT2D eigenvalue weighted by Crippen LogP contribution is 2.19. The first-order valence-corrected chi connectivity index (χ1v) is 9.51. The van der Waals surface area contributed by atoms with Crippen LogP contribution in [0.4, 0.5) is 5.69 Å². The van der Waals surface area contributed by atoms with Crippen LogP contribution in [0.2, 0.25) is 0 Å². The number of carbonyl (C=O) groups excluding carboxylic acids is 1. The third-order valence-corrected chi connectivity index (χ3v) is 4.68. The van der Waals surface area contributed by atoms with Gasteiger partial charge in [-0.2, -0.15) is 0 Å². The van der Waals surface area contributed by atoms with Crippen molar-refractivity contribution in [2.75, 3.05) is 11.1 Å². The molecule has 1 aromatic heterocycles. The minimum Gasteiger partial charge on any atom is -0.416 e. The molecule has 1 amide bonds. The van der Waals surface area contributed by atoms with Crippen molar-refractivity contribution in [2.45, 2.75) is 18.1 Å². The maximum atomic E-state index is 11.9. The van der Waals surface area contributed by atoms with Gasteiger partial charge in [-0.05, 0) is 29.8 Å². The predicted molar refractivity (Wildman–Crippen MR) is 102 cm³/mol. The van der Waals surface area contributed by atoms with Crippen LogP contribution >= 0.6 is 27.7 Å². The molecule has 7 heteroatoms. The monoisotopic (exact) mass is 417 g/mol. The molecule has 0 unspecified atom stereocenters. The molecule has 128 valence electrons. The molecule has 5 nitrogen and oxygen atoms in total. The summed E-state index contributed by atoms with van der Waals surface area (Å²) < 4.78 is 6.58. The van der Waals surface area contributed by atoms with Crippen molar-refractivity contribution in [3.63, 3.8) is 0 Å². The molecule has 0 aliphatic rings. The van der Waals surface area contributed by atoms with Gasteiger partial charge in [0, 0.05) is 22.3 Å². The van der Waals surface area contributed by atoms with Gasteiger partial charge in [-0.15, -0.1) is 10.2 Å². The summed E-state index contributed by atoms with van der Waals surface area (Å²) in [7, 11) is 0. The Hall–Kier alpha value is -2.12. The summed E-state index contributed by atoms with van der Waals surface area (Å²) in [5.74, 6) is 1.11. The first kappa shape index (κ1) is 17.7. The van der Waals surface area contributed by atoms with Crippen LogP contribution in [0.1, 0.15) is 17.9 Å². The molecule has 3 aromatic rings. The number of rotatable bonds is 7. The highest BCUT2D eigenvalue weighted by atomic mass is 79.9. The highest BCUT2D eigenvalue weighted by molar-refractivity contribution is 9.10. The minimum atomic E-state index is -0.0427. The smallest absolute Gasteiger partial charge is 0.276 e. The molecule has 0 fully saturated rings. The number of hydrogen-bond acceptors (Lipinski definition) is 5. The molecule has 0 bridgehead atoms. The van der Waals surface area contributed by atoms with Crippen LogP contribution < -0.4 is 5.32 Å². The van der Waals surface area contributed by atoms with Crippen molar-refractivity contribution in [1.29, 1.82) is 0 Å². The molecule has 0 spiro atoms. The van der Waals surface area contributed by atoms with E-state index in [0.29, 0.717) is 29.7 Å². The van der Waals surface area contributed by atoms with Crippen molar-refractivity contribution < 1.29 is 9.21 Å². The lowest BCUT2D eigenvalue weighted by Gasteiger charge is -2.04. The number of anilines is 1. The van der Waals surface area contributed by atoms with E-state index in [-0.39, 0.29) is 5.91 Å². The van der Waals surface area contributed by atoms with E-state index in [1.54, 1.807) is 0 Å². The van der Waals surface area contributed by atoms with Crippen molar-refractivity contribution in [1.82, 2.24) is 10.2 Å². The standard InChI is InChI=1S/C18H16BrN3O2S/c19-14-6-8-15(9-7-14)20-16(23)10-11-25-18-22-21-17(24-18)12-13-4-2-1-3-5-13/h1-9H,10-12H2,(H,20,23). The molecule has 0 saturated heterocycles. The second kappa shape index (κ2) is 8.82. The summed E-state index contributed by atoms with van der Waals surface area (Å²) in [6, 6.07) is 17.4. The summed E-state index contributed by atoms with van der Waals surface area (Å²) in [5, 5.41) is 11.4. The average Bonchev–Trinajstić information content (AvgIpc) is 3.05. The van der Waals surface area contributed by atoms with E-state index in [1.807, 2.05) is 54.6 Å². The van der Waals surface area contributed by atoms with Crippen molar-refractivity contribution >= 4 is 39.3 Å². The minimum absolute atomic E-state index is 0.0427. The Bertz CT molecular complexity index is 822. The average molecular weight is 418 g/mol. The quantitative estimate of drug-likeness (QED) is 0.571. The van der Waals surface area contributed by atoms with Gasteiger partial charge in [0.1, 0.15) is 0 Å². The van der Waals surface area contributed by atoms with E-state index in [9.17, 15) is 4.79 Å². The van der Waals surface area contributed by atoms with E-state index >= 15 is 0 Å². The normalized spacial score (nSPS) is 10.6. The third kappa shape index (κ3) is 5.72. The summed E-state index contributed by atoms with van der Waals surface area (Å²) in [6.45, 7) is 0. The number of aromatic nitrogens is 2. The molecule has 0 saturated carbocycles.